The molecule has 0 spiro atoms. The van der Waals surface area contributed by atoms with Crippen molar-refractivity contribution < 1.29 is 12.8 Å². The molecule has 0 amide bonds. The topological polar surface area (TPSA) is 37.4 Å². The van der Waals surface area contributed by atoms with Gasteiger partial charge in [0, 0.05) is 0 Å². The molecule has 2 rings (SSSR count). The highest BCUT2D eigenvalue weighted by Crippen LogP contribution is 2.23. The van der Waals surface area contributed by atoms with Gasteiger partial charge in [-0.2, -0.15) is 0 Å². The Kier molecular flexibility index (Phi) is 4.20. The van der Waals surface area contributed by atoms with Gasteiger partial charge >= 0.3 is 0 Å². The highest BCUT2D eigenvalue weighted by molar-refractivity contribution is 7.92. The van der Waals surface area contributed by atoms with Crippen molar-refractivity contribution in [1.82, 2.24) is 0 Å². The number of hydrogen-bond donors (Lipinski definition) is 0. The summed E-state index contributed by atoms with van der Waals surface area (Å²) >= 11 is 0. The number of hydrogen-bond acceptors (Lipinski definition) is 2. The van der Waals surface area contributed by atoms with E-state index in [0.29, 0.717) is 5.69 Å². The Labute approximate surface area is 118 Å². The Balaban J connectivity index is 2.48. The van der Waals surface area contributed by atoms with Gasteiger partial charge in [0.05, 0.1) is 17.1 Å². The lowest BCUT2D eigenvalue weighted by atomic mass is 10.3. The van der Waals surface area contributed by atoms with Crippen molar-refractivity contribution in [3.63, 3.8) is 0 Å². The van der Waals surface area contributed by atoms with Crippen LogP contribution in [-0.4, -0.2) is 15.0 Å². The minimum absolute atomic E-state index is 0.0459. The number of para-hydroxylation sites is 1. The smallest absolute Gasteiger partial charge is 0.263 e. The standard InChI is InChI=1S/C15H14FNO2S/c1-2-12-17(14-6-4-3-5-7-14)20(18,19)15-10-8-13(16)9-11-15/h2-11H,1,12H2. The molecule has 0 heterocycles. The average Bonchev–Trinajstić information content (AvgIpc) is 2.46. The third kappa shape index (κ3) is 2.88. The van der Waals surface area contributed by atoms with Gasteiger partial charge in [-0.05, 0) is 36.4 Å². The van der Waals surface area contributed by atoms with Crippen LogP contribution in [0.2, 0.25) is 0 Å². The van der Waals surface area contributed by atoms with Crippen LogP contribution in [0.4, 0.5) is 10.1 Å². The van der Waals surface area contributed by atoms with Crippen LogP contribution in [0.25, 0.3) is 0 Å². The fourth-order valence-electron chi connectivity index (χ4n) is 1.79. The van der Waals surface area contributed by atoms with Gasteiger partial charge in [-0.1, -0.05) is 24.3 Å². The Morgan fingerprint density at radius 1 is 1.05 bits per heavy atom. The van der Waals surface area contributed by atoms with Crippen LogP contribution in [0.15, 0.2) is 72.1 Å². The molecule has 0 aliphatic carbocycles. The lowest BCUT2D eigenvalue weighted by Gasteiger charge is -2.23. The summed E-state index contributed by atoms with van der Waals surface area (Å²) in [6.07, 6.45) is 1.51. The molecule has 2 aromatic carbocycles. The van der Waals surface area contributed by atoms with E-state index in [1.165, 1.54) is 22.5 Å². The van der Waals surface area contributed by atoms with E-state index in [2.05, 4.69) is 6.58 Å². The fraction of sp³-hybridized carbons (Fsp3) is 0.0667. The molecule has 0 N–H and O–H groups in total. The van der Waals surface area contributed by atoms with E-state index < -0.39 is 15.8 Å². The van der Waals surface area contributed by atoms with Gasteiger partial charge in [-0.15, -0.1) is 6.58 Å². The van der Waals surface area contributed by atoms with Gasteiger partial charge in [-0.25, -0.2) is 12.8 Å². The van der Waals surface area contributed by atoms with Gasteiger partial charge < -0.3 is 0 Å². The molecule has 0 bridgehead atoms. The average molecular weight is 291 g/mol. The summed E-state index contributed by atoms with van der Waals surface area (Å²) in [5.41, 5.74) is 0.539. The normalized spacial score (nSPS) is 11.1. The maximum atomic E-state index is 12.9. The zero-order valence-electron chi connectivity index (χ0n) is 10.7. The van der Waals surface area contributed by atoms with Crippen molar-refractivity contribution >= 4 is 15.7 Å². The van der Waals surface area contributed by atoms with Gasteiger partial charge in [0.1, 0.15) is 5.82 Å². The molecule has 0 atom stereocenters. The quantitative estimate of drug-likeness (QED) is 0.793. The van der Waals surface area contributed by atoms with E-state index in [4.69, 9.17) is 0 Å². The van der Waals surface area contributed by atoms with Crippen molar-refractivity contribution in [3.8, 4) is 0 Å². The molecule has 0 aromatic heterocycles. The second-order valence-electron chi connectivity index (χ2n) is 4.11. The molecule has 0 saturated heterocycles. The molecule has 0 aliphatic heterocycles. The molecule has 0 unspecified atom stereocenters. The van der Waals surface area contributed by atoms with Crippen LogP contribution in [0.5, 0.6) is 0 Å². The zero-order chi connectivity index (χ0) is 14.6. The summed E-state index contributed by atoms with van der Waals surface area (Å²) in [5, 5.41) is 0. The van der Waals surface area contributed by atoms with Crippen molar-refractivity contribution in [1.29, 1.82) is 0 Å². The third-order valence-electron chi connectivity index (χ3n) is 2.74. The van der Waals surface area contributed by atoms with Crippen molar-refractivity contribution in [2.45, 2.75) is 4.90 Å². The van der Waals surface area contributed by atoms with Crippen molar-refractivity contribution in [2.75, 3.05) is 10.8 Å². The van der Waals surface area contributed by atoms with Gasteiger partial charge in [0.2, 0.25) is 0 Å². The molecule has 104 valence electrons. The molecule has 0 aliphatic rings. The summed E-state index contributed by atoms with van der Waals surface area (Å²) in [6, 6.07) is 13.5. The van der Waals surface area contributed by atoms with Crippen LogP contribution in [0.3, 0.4) is 0 Å². The lowest BCUT2D eigenvalue weighted by molar-refractivity contribution is 0.591. The summed E-state index contributed by atoms with van der Waals surface area (Å²) in [5.74, 6) is -0.473. The molecule has 20 heavy (non-hydrogen) atoms. The van der Waals surface area contributed by atoms with Crippen LogP contribution in [0.1, 0.15) is 0 Å². The number of sulfonamides is 1. The van der Waals surface area contributed by atoms with Crippen LogP contribution < -0.4 is 4.31 Å². The molecule has 0 saturated carbocycles. The molecule has 0 radical (unpaired) electrons. The zero-order valence-corrected chi connectivity index (χ0v) is 11.6. The van der Waals surface area contributed by atoms with Gasteiger partial charge in [0.25, 0.3) is 10.0 Å². The van der Waals surface area contributed by atoms with E-state index in [0.717, 1.165) is 12.1 Å². The summed E-state index contributed by atoms with van der Waals surface area (Å²) in [4.78, 5) is 0.0459. The lowest BCUT2D eigenvalue weighted by Crippen LogP contribution is -2.31. The summed E-state index contributed by atoms with van der Waals surface area (Å²) < 4.78 is 39.3. The Bertz CT molecular complexity index is 682. The van der Waals surface area contributed by atoms with Gasteiger partial charge in [0.15, 0.2) is 0 Å². The Morgan fingerprint density at radius 3 is 2.20 bits per heavy atom. The van der Waals surface area contributed by atoms with E-state index in [9.17, 15) is 12.8 Å². The number of anilines is 1. The molecular formula is C15H14FNO2S. The van der Waals surface area contributed by atoms with Crippen LogP contribution in [-0.2, 0) is 10.0 Å². The van der Waals surface area contributed by atoms with E-state index in [1.54, 1.807) is 30.3 Å². The Hall–Kier alpha value is -2.14. The number of nitrogens with zero attached hydrogens (tertiary/aromatic N) is 1. The van der Waals surface area contributed by atoms with E-state index in [-0.39, 0.29) is 11.4 Å². The maximum absolute atomic E-state index is 12.9. The first-order valence-electron chi connectivity index (χ1n) is 6.00. The molecule has 2 aromatic rings. The second-order valence-corrected chi connectivity index (χ2v) is 5.98. The van der Waals surface area contributed by atoms with Crippen LogP contribution in [0, 0.1) is 5.82 Å². The molecular weight excluding hydrogens is 277 g/mol. The first-order valence-corrected chi connectivity index (χ1v) is 7.44. The second kappa shape index (κ2) is 5.88. The van der Waals surface area contributed by atoms with Gasteiger partial charge in [-0.3, -0.25) is 4.31 Å². The summed E-state index contributed by atoms with van der Waals surface area (Å²) in [7, 11) is -3.74. The van der Waals surface area contributed by atoms with Crippen LogP contribution >= 0.6 is 0 Å². The van der Waals surface area contributed by atoms with Crippen molar-refractivity contribution in [3.05, 3.63) is 73.1 Å². The largest absolute Gasteiger partial charge is 0.264 e. The highest BCUT2D eigenvalue weighted by atomic mass is 32.2. The minimum Gasteiger partial charge on any atom is -0.263 e. The number of halogens is 1. The predicted molar refractivity (Wildman–Crippen MR) is 77.6 cm³/mol. The SMILES string of the molecule is C=CCN(c1ccccc1)S(=O)(=O)c1ccc(F)cc1. The third-order valence-corrected chi connectivity index (χ3v) is 4.55. The highest BCUT2D eigenvalue weighted by Gasteiger charge is 2.23. The van der Waals surface area contributed by atoms with E-state index >= 15 is 0 Å². The fourth-order valence-corrected chi connectivity index (χ4v) is 3.22. The maximum Gasteiger partial charge on any atom is 0.264 e. The van der Waals surface area contributed by atoms with E-state index in [1.807, 2.05) is 0 Å². The number of benzene rings is 2. The molecule has 3 nitrogen and oxygen atoms in total. The Morgan fingerprint density at radius 2 is 1.65 bits per heavy atom. The first kappa shape index (κ1) is 14.3. The monoisotopic (exact) mass is 291 g/mol. The number of rotatable bonds is 5. The van der Waals surface area contributed by atoms with Crippen molar-refractivity contribution in [2.24, 2.45) is 0 Å². The molecule has 0 fully saturated rings. The first-order chi connectivity index (χ1) is 9.55. The summed E-state index contributed by atoms with van der Waals surface area (Å²) in [6.45, 7) is 3.72. The minimum atomic E-state index is -3.74. The molecule has 5 heteroatoms. The predicted octanol–water partition coefficient (Wildman–Crippen LogP) is 3.21.